The molecule has 0 bridgehead atoms. The van der Waals surface area contributed by atoms with Crippen LogP contribution in [0.1, 0.15) is 42.5 Å². The Hall–Kier alpha value is -1.35. The van der Waals surface area contributed by atoms with E-state index in [0.717, 1.165) is 31.4 Å². The second-order valence-corrected chi connectivity index (χ2v) is 4.76. The van der Waals surface area contributed by atoms with Crippen LogP contribution in [-0.4, -0.2) is 30.7 Å². The molecule has 1 fully saturated rings. The van der Waals surface area contributed by atoms with Crippen LogP contribution in [0.3, 0.4) is 0 Å². The molecule has 1 amide bonds. The molecule has 1 aromatic carbocycles. The molecule has 1 heterocycles. The van der Waals surface area contributed by atoms with Crippen LogP contribution < -0.4 is 0 Å². The molecule has 0 unspecified atom stereocenters. The van der Waals surface area contributed by atoms with E-state index in [1.165, 1.54) is 12.8 Å². The van der Waals surface area contributed by atoms with Crippen LogP contribution in [-0.2, 0) is 4.74 Å². The second kappa shape index (κ2) is 6.55. The lowest BCUT2D eigenvalue weighted by Crippen LogP contribution is -2.42. The highest BCUT2D eigenvalue weighted by atomic mass is 16.5. The van der Waals surface area contributed by atoms with Gasteiger partial charge in [-0.1, -0.05) is 31.0 Å². The molecule has 18 heavy (non-hydrogen) atoms. The van der Waals surface area contributed by atoms with Crippen molar-refractivity contribution in [2.45, 2.75) is 38.3 Å². The van der Waals surface area contributed by atoms with Gasteiger partial charge >= 0.3 is 0 Å². The second-order valence-electron chi connectivity index (χ2n) is 4.76. The van der Waals surface area contributed by atoms with Gasteiger partial charge in [-0.05, 0) is 31.4 Å². The van der Waals surface area contributed by atoms with E-state index in [1.807, 2.05) is 35.2 Å². The minimum atomic E-state index is -0.0713. The van der Waals surface area contributed by atoms with Crippen molar-refractivity contribution in [3.63, 3.8) is 0 Å². The Labute approximate surface area is 109 Å². The van der Waals surface area contributed by atoms with Gasteiger partial charge in [0.25, 0.3) is 5.91 Å². The molecule has 0 aromatic heterocycles. The summed E-state index contributed by atoms with van der Waals surface area (Å²) in [7, 11) is 1.69. The van der Waals surface area contributed by atoms with Gasteiger partial charge in [-0.3, -0.25) is 4.79 Å². The number of methoxy groups -OCH3 is 1. The van der Waals surface area contributed by atoms with E-state index < -0.39 is 0 Å². The summed E-state index contributed by atoms with van der Waals surface area (Å²) in [4.78, 5) is 14.4. The summed E-state index contributed by atoms with van der Waals surface area (Å²) in [6, 6.07) is 9.47. The lowest BCUT2D eigenvalue weighted by atomic mass is 10.1. The smallest absolute Gasteiger partial charge is 0.255 e. The van der Waals surface area contributed by atoms with Crippen molar-refractivity contribution in [1.29, 1.82) is 0 Å². The minimum Gasteiger partial charge on any atom is -0.362 e. The number of hydrogen-bond acceptors (Lipinski definition) is 2. The van der Waals surface area contributed by atoms with Crippen molar-refractivity contribution in [2.75, 3.05) is 13.7 Å². The van der Waals surface area contributed by atoms with Crippen LogP contribution in [0, 0.1) is 0 Å². The van der Waals surface area contributed by atoms with E-state index >= 15 is 0 Å². The standard InChI is InChI=1S/C15H21NO2/c1-18-14-11-7-2-3-8-12-16(14)15(17)13-9-5-4-6-10-13/h4-6,9-10,14H,2-3,7-8,11-12H2,1H3/t14-/m1/s1. The first-order valence-electron chi connectivity index (χ1n) is 6.72. The van der Waals surface area contributed by atoms with Crippen LogP contribution in [0.2, 0.25) is 0 Å². The van der Waals surface area contributed by atoms with Gasteiger partial charge in [0.05, 0.1) is 0 Å². The van der Waals surface area contributed by atoms with Crippen LogP contribution in [0.5, 0.6) is 0 Å². The van der Waals surface area contributed by atoms with E-state index in [-0.39, 0.29) is 12.1 Å². The summed E-state index contributed by atoms with van der Waals surface area (Å²) in [6.45, 7) is 0.798. The monoisotopic (exact) mass is 247 g/mol. The average Bonchev–Trinajstić information content (AvgIpc) is 2.39. The van der Waals surface area contributed by atoms with E-state index in [4.69, 9.17) is 4.74 Å². The third-order valence-electron chi connectivity index (χ3n) is 3.50. The third-order valence-corrected chi connectivity index (χ3v) is 3.50. The van der Waals surface area contributed by atoms with Gasteiger partial charge in [-0.2, -0.15) is 0 Å². The van der Waals surface area contributed by atoms with Crippen molar-refractivity contribution < 1.29 is 9.53 Å². The number of carbonyl (C=O) groups is 1. The van der Waals surface area contributed by atoms with Crippen LogP contribution in [0.4, 0.5) is 0 Å². The molecule has 0 saturated carbocycles. The van der Waals surface area contributed by atoms with Gasteiger partial charge in [-0.25, -0.2) is 0 Å². The normalized spacial score (nSPS) is 21.2. The Morgan fingerprint density at radius 2 is 1.89 bits per heavy atom. The molecule has 0 spiro atoms. The molecule has 3 nitrogen and oxygen atoms in total. The van der Waals surface area contributed by atoms with Crippen LogP contribution in [0.25, 0.3) is 0 Å². The van der Waals surface area contributed by atoms with Gasteiger partial charge in [0, 0.05) is 19.2 Å². The maximum Gasteiger partial charge on any atom is 0.255 e. The van der Waals surface area contributed by atoms with Gasteiger partial charge < -0.3 is 9.64 Å². The highest BCUT2D eigenvalue weighted by molar-refractivity contribution is 5.94. The fraction of sp³-hybridized carbons (Fsp3) is 0.533. The van der Waals surface area contributed by atoms with E-state index in [9.17, 15) is 4.79 Å². The van der Waals surface area contributed by atoms with Crippen molar-refractivity contribution in [3.05, 3.63) is 35.9 Å². The Morgan fingerprint density at radius 1 is 1.17 bits per heavy atom. The largest absolute Gasteiger partial charge is 0.362 e. The van der Waals surface area contributed by atoms with Crippen molar-refractivity contribution in [1.82, 2.24) is 4.90 Å². The number of nitrogens with zero attached hydrogens (tertiary/aromatic N) is 1. The van der Waals surface area contributed by atoms with Crippen molar-refractivity contribution in [3.8, 4) is 0 Å². The third kappa shape index (κ3) is 3.10. The summed E-state index contributed by atoms with van der Waals surface area (Å²) < 4.78 is 5.49. The topological polar surface area (TPSA) is 29.5 Å². The number of ether oxygens (including phenoxy) is 1. The number of benzene rings is 1. The van der Waals surface area contributed by atoms with Gasteiger partial charge in [0.2, 0.25) is 0 Å². The molecule has 98 valence electrons. The summed E-state index contributed by atoms with van der Waals surface area (Å²) in [5.41, 5.74) is 0.750. The zero-order valence-electron chi connectivity index (χ0n) is 11.0. The number of hydrogen-bond donors (Lipinski definition) is 0. The Morgan fingerprint density at radius 3 is 2.61 bits per heavy atom. The molecule has 1 saturated heterocycles. The highest BCUT2D eigenvalue weighted by Gasteiger charge is 2.24. The number of amides is 1. The van der Waals surface area contributed by atoms with Crippen LogP contribution in [0.15, 0.2) is 30.3 Å². The molecular weight excluding hydrogens is 226 g/mol. The molecule has 2 rings (SSSR count). The SMILES string of the molecule is CO[C@@H]1CCCCCCN1C(=O)c1ccccc1. The van der Waals surface area contributed by atoms with Crippen molar-refractivity contribution >= 4 is 5.91 Å². The van der Waals surface area contributed by atoms with E-state index in [1.54, 1.807) is 7.11 Å². The maximum atomic E-state index is 12.5. The van der Waals surface area contributed by atoms with Crippen molar-refractivity contribution in [2.24, 2.45) is 0 Å². The van der Waals surface area contributed by atoms with Crippen LogP contribution >= 0.6 is 0 Å². The average molecular weight is 247 g/mol. The molecule has 1 aliphatic heterocycles. The molecule has 3 heteroatoms. The summed E-state index contributed by atoms with van der Waals surface area (Å²) in [5.74, 6) is 0.0874. The summed E-state index contributed by atoms with van der Waals surface area (Å²) >= 11 is 0. The number of rotatable bonds is 2. The summed E-state index contributed by atoms with van der Waals surface area (Å²) in [6.07, 6.45) is 5.52. The minimum absolute atomic E-state index is 0.0713. The van der Waals surface area contributed by atoms with E-state index in [0.29, 0.717) is 0 Å². The lowest BCUT2D eigenvalue weighted by Gasteiger charge is -2.32. The van der Waals surface area contributed by atoms with Gasteiger partial charge in [0.1, 0.15) is 6.23 Å². The Kier molecular flexibility index (Phi) is 4.76. The first-order chi connectivity index (χ1) is 8.83. The molecule has 1 aliphatic rings. The molecule has 1 aromatic rings. The summed E-state index contributed by atoms with van der Waals surface area (Å²) in [5, 5.41) is 0. The van der Waals surface area contributed by atoms with E-state index in [2.05, 4.69) is 0 Å². The molecule has 0 radical (unpaired) electrons. The molecule has 1 atom stereocenters. The van der Waals surface area contributed by atoms with Gasteiger partial charge in [-0.15, -0.1) is 0 Å². The predicted octanol–water partition coefficient (Wildman–Crippen LogP) is 3.07. The fourth-order valence-electron chi connectivity index (χ4n) is 2.48. The zero-order valence-corrected chi connectivity index (χ0v) is 11.0. The highest BCUT2D eigenvalue weighted by Crippen LogP contribution is 2.19. The molecule has 0 N–H and O–H groups in total. The Balaban J connectivity index is 2.14. The Bertz CT molecular complexity index is 377. The van der Waals surface area contributed by atoms with Gasteiger partial charge in [0.15, 0.2) is 0 Å². The predicted molar refractivity (Wildman–Crippen MR) is 71.4 cm³/mol. The molecule has 0 aliphatic carbocycles. The first kappa shape index (κ1) is 13.1. The molecular formula is C15H21NO2. The lowest BCUT2D eigenvalue weighted by molar-refractivity contribution is -0.0300. The first-order valence-corrected chi connectivity index (χ1v) is 6.72. The number of carbonyl (C=O) groups excluding carboxylic acids is 1. The maximum absolute atomic E-state index is 12.5. The quantitative estimate of drug-likeness (QED) is 0.803. The fourth-order valence-corrected chi connectivity index (χ4v) is 2.48. The zero-order chi connectivity index (χ0) is 12.8. The number of likely N-dealkylation sites (tertiary alicyclic amines) is 1.